The molecule has 36 heavy (non-hydrogen) atoms. The number of hydrogen-bond acceptors (Lipinski definition) is 5. The standard InChI is InChI=1S/C27H27N5O4/c1-3-30(4-2)13-8-14-31-16-20(18-10-7-12-22(25(18)31)32(35)36)24-23(26(33)29-27(24)34)19-15-28-21-11-6-5-9-17(19)21/h5-7,9-12,15-16,28H,3-4,8,13-14H2,1-2H3,(H,29,33,34). The molecule has 0 atom stereocenters. The first kappa shape index (κ1) is 23.5. The normalized spacial score (nSPS) is 14.0. The summed E-state index contributed by atoms with van der Waals surface area (Å²) in [5, 5.41) is 15.8. The predicted octanol–water partition coefficient (Wildman–Crippen LogP) is 4.33. The average molecular weight is 486 g/mol. The number of carbonyl (C=O) groups excluding carboxylic acids is 2. The lowest BCUT2D eigenvalue weighted by Gasteiger charge is -2.17. The summed E-state index contributed by atoms with van der Waals surface area (Å²) in [4.78, 5) is 43.1. The van der Waals surface area contributed by atoms with Crippen LogP contribution in [0.1, 0.15) is 31.4 Å². The molecule has 2 aromatic carbocycles. The van der Waals surface area contributed by atoms with Crippen molar-refractivity contribution >= 4 is 50.5 Å². The van der Waals surface area contributed by atoms with Crippen molar-refractivity contribution < 1.29 is 14.5 Å². The monoisotopic (exact) mass is 485 g/mol. The van der Waals surface area contributed by atoms with Crippen molar-refractivity contribution in [3.05, 3.63) is 76.1 Å². The van der Waals surface area contributed by atoms with Gasteiger partial charge < -0.3 is 14.5 Å². The summed E-state index contributed by atoms with van der Waals surface area (Å²) in [6.07, 6.45) is 4.29. The minimum Gasteiger partial charge on any atom is -0.361 e. The van der Waals surface area contributed by atoms with Crippen LogP contribution >= 0.6 is 0 Å². The molecule has 0 unspecified atom stereocenters. The molecule has 0 saturated carbocycles. The number of nitrogens with zero attached hydrogens (tertiary/aromatic N) is 3. The molecule has 0 bridgehead atoms. The minimum atomic E-state index is -0.506. The zero-order valence-electron chi connectivity index (χ0n) is 20.2. The van der Waals surface area contributed by atoms with Crippen LogP contribution in [0.15, 0.2) is 54.9 Å². The molecule has 3 heterocycles. The van der Waals surface area contributed by atoms with Crippen LogP contribution in [-0.4, -0.2) is 50.8 Å². The molecule has 2 amide bonds. The predicted molar refractivity (Wildman–Crippen MR) is 139 cm³/mol. The number of carbonyl (C=O) groups is 2. The molecule has 0 aliphatic carbocycles. The molecule has 0 spiro atoms. The van der Waals surface area contributed by atoms with E-state index in [0.29, 0.717) is 28.6 Å². The molecule has 1 aliphatic heterocycles. The summed E-state index contributed by atoms with van der Waals surface area (Å²) in [6.45, 7) is 7.46. The van der Waals surface area contributed by atoms with Crippen molar-refractivity contribution in [1.82, 2.24) is 19.8 Å². The van der Waals surface area contributed by atoms with E-state index in [4.69, 9.17) is 0 Å². The second kappa shape index (κ2) is 9.43. The molecular weight excluding hydrogens is 458 g/mol. The maximum atomic E-state index is 13.1. The van der Waals surface area contributed by atoms with Gasteiger partial charge in [-0.3, -0.25) is 25.0 Å². The number of benzene rings is 2. The summed E-state index contributed by atoms with van der Waals surface area (Å²) in [5.74, 6) is -0.985. The highest BCUT2D eigenvalue weighted by atomic mass is 16.6. The maximum Gasteiger partial charge on any atom is 0.293 e. The number of nitrogens with one attached hydrogen (secondary N) is 2. The Labute approximate surface area is 207 Å². The van der Waals surface area contributed by atoms with Crippen LogP contribution in [0, 0.1) is 10.1 Å². The molecule has 184 valence electrons. The summed E-state index contributed by atoms with van der Waals surface area (Å²) >= 11 is 0. The van der Waals surface area contributed by atoms with Crippen LogP contribution in [0.5, 0.6) is 0 Å². The van der Waals surface area contributed by atoms with Crippen molar-refractivity contribution in [3.63, 3.8) is 0 Å². The number of aromatic amines is 1. The van der Waals surface area contributed by atoms with Crippen molar-refractivity contribution in [3.8, 4) is 0 Å². The lowest BCUT2D eigenvalue weighted by molar-refractivity contribution is -0.383. The maximum absolute atomic E-state index is 13.1. The number of H-pyrrole nitrogens is 1. The fourth-order valence-electron chi connectivity index (χ4n) is 5.12. The number of non-ortho nitro benzene ring substituents is 1. The van der Waals surface area contributed by atoms with Gasteiger partial charge in [0, 0.05) is 52.4 Å². The van der Waals surface area contributed by atoms with E-state index in [9.17, 15) is 19.7 Å². The molecule has 4 aromatic rings. The molecule has 2 aromatic heterocycles. The van der Waals surface area contributed by atoms with Gasteiger partial charge in [0.2, 0.25) is 0 Å². The fourth-order valence-corrected chi connectivity index (χ4v) is 5.12. The second-order valence-electron chi connectivity index (χ2n) is 8.83. The first-order valence-electron chi connectivity index (χ1n) is 12.1. The number of rotatable bonds is 9. The van der Waals surface area contributed by atoms with Gasteiger partial charge >= 0.3 is 0 Å². The lowest BCUT2D eigenvalue weighted by atomic mass is 9.95. The van der Waals surface area contributed by atoms with Gasteiger partial charge in [0.15, 0.2) is 0 Å². The quantitative estimate of drug-likeness (QED) is 0.208. The highest BCUT2D eigenvalue weighted by Crippen LogP contribution is 2.40. The van der Waals surface area contributed by atoms with E-state index in [1.165, 1.54) is 6.07 Å². The van der Waals surface area contributed by atoms with Gasteiger partial charge in [-0.05, 0) is 32.1 Å². The zero-order chi connectivity index (χ0) is 25.4. The number of hydrogen-bond donors (Lipinski definition) is 2. The Morgan fingerprint density at radius 3 is 2.36 bits per heavy atom. The number of aromatic nitrogens is 2. The Morgan fingerprint density at radius 1 is 0.944 bits per heavy atom. The van der Waals surface area contributed by atoms with Gasteiger partial charge in [0.05, 0.1) is 16.1 Å². The van der Waals surface area contributed by atoms with Crippen LogP contribution in [0.4, 0.5) is 5.69 Å². The molecule has 0 fully saturated rings. The third-order valence-electron chi connectivity index (χ3n) is 6.90. The first-order chi connectivity index (χ1) is 17.4. The Bertz CT molecular complexity index is 1540. The molecule has 9 nitrogen and oxygen atoms in total. The molecule has 1 aliphatic rings. The summed E-state index contributed by atoms with van der Waals surface area (Å²) < 4.78 is 1.85. The van der Waals surface area contributed by atoms with Crippen molar-refractivity contribution in [2.24, 2.45) is 0 Å². The lowest BCUT2D eigenvalue weighted by Crippen LogP contribution is -2.24. The van der Waals surface area contributed by atoms with E-state index in [1.807, 2.05) is 28.8 Å². The Kier molecular flexibility index (Phi) is 6.15. The highest BCUT2D eigenvalue weighted by molar-refractivity contribution is 6.50. The van der Waals surface area contributed by atoms with Crippen LogP contribution in [0.25, 0.3) is 33.0 Å². The number of para-hydroxylation sites is 2. The number of fused-ring (bicyclic) bond motifs is 2. The van der Waals surface area contributed by atoms with Crippen LogP contribution < -0.4 is 5.32 Å². The van der Waals surface area contributed by atoms with Gasteiger partial charge in [-0.25, -0.2) is 0 Å². The largest absolute Gasteiger partial charge is 0.361 e. The minimum absolute atomic E-state index is 0.0273. The van der Waals surface area contributed by atoms with Crippen LogP contribution in [-0.2, 0) is 16.1 Å². The highest BCUT2D eigenvalue weighted by Gasteiger charge is 2.35. The second-order valence-corrected chi connectivity index (χ2v) is 8.83. The van der Waals surface area contributed by atoms with Crippen LogP contribution in [0.3, 0.4) is 0 Å². The van der Waals surface area contributed by atoms with E-state index in [-0.39, 0.29) is 16.8 Å². The Balaban J connectivity index is 1.70. The average Bonchev–Trinajstić information content (AvgIpc) is 3.54. The number of nitro groups is 1. The Hall–Kier alpha value is -4.24. The zero-order valence-corrected chi connectivity index (χ0v) is 20.2. The summed E-state index contributed by atoms with van der Waals surface area (Å²) in [7, 11) is 0. The first-order valence-corrected chi connectivity index (χ1v) is 12.1. The van der Waals surface area contributed by atoms with E-state index in [0.717, 1.165) is 37.0 Å². The number of nitro benzene ring substituents is 1. The third kappa shape index (κ3) is 3.87. The topological polar surface area (TPSA) is 113 Å². The van der Waals surface area contributed by atoms with Crippen molar-refractivity contribution in [2.45, 2.75) is 26.8 Å². The van der Waals surface area contributed by atoms with E-state index in [1.54, 1.807) is 24.5 Å². The Morgan fingerprint density at radius 2 is 1.64 bits per heavy atom. The van der Waals surface area contributed by atoms with E-state index in [2.05, 4.69) is 29.0 Å². The molecule has 2 N–H and O–H groups in total. The van der Waals surface area contributed by atoms with E-state index >= 15 is 0 Å². The van der Waals surface area contributed by atoms with Gasteiger partial charge in [-0.15, -0.1) is 0 Å². The smallest absolute Gasteiger partial charge is 0.293 e. The molecule has 0 radical (unpaired) electrons. The number of imide groups is 1. The van der Waals surface area contributed by atoms with Crippen LogP contribution in [0.2, 0.25) is 0 Å². The number of aryl methyl sites for hydroxylation is 1. The summed E-state index contributed by atoms with van der Waals surface area (Å²) in [6, 6.07) is 12.4. The summed E-state index contributed by atoms with van der Waals surface area (Å²) in [5.41, 5.74) is 2.91. The fraction of sp³-hybridized carbons (Fsp3) is 0.259. The number of amides is 2. The molecule has 9 heteroatoms. The van der Waals surface area contributed by atoms with Gasteiger partial charge in [0.25, 0.3) is 17.5 Å². The molecule has 5 rings (SSSR count). The molecular formula is C27H27N5O4. The van der Waals surface area contributed by atoms with E-state index < -0.39 is 16.7 Å². The third-order valence-corrected chi connectivity index (χ3v) is 6.90. The van der Waals surface area contributed by atoms with Gasteiger partial charge in [0.1, 0.15) is 5.52 Å². The van der Waals surface area contributed by atoms with Crippen molar-refractivity contribution in [2.75, 3.05) is 19.6 Å². The molecule has 0 saturated heterocycles. The van der Waals surface area contributed by atoms with Crippen molar-refractivity contribution in [1.29, 1.82) is 0 Å². The van der Waals surface area contributed by atoms with Gasteiger partial charge in [-0.1, -0.05) is 44.2 Å². The van der Waals surface area contributed by atoms with Gasteiger partial charge in [-0.2, -0.15) is 0 Å². The SMILES string of the molecule is CCN(CC)CCCn1cc(C2=C(c3c[nH]c4ccccc34)C(=O)NC2=O)c2cccc([N+](=O)[O-])c21.